The summed E-state index contributed by atoms with van der Waals surface area (Å²) in [6, 6.07) is 0.141. The molecule has 270 valence electrons. The van der Waals surface area contributed by atoms with Crippen LogP contribution in [0.3, 0.4) is 0 Å². The van der Waals surface area contributed by atoms with Crippen molar-refractivity contribution in [2.24, 2.45) is 11.8 Å². The second-order valence-corrected chi connectivity index (χ2v) is 16.1. The third-order valence-corrected chi connectivity index (χ3v) is 13.0. The SMILES string of the molecule is CCCCOCCOCCOC1CCC(F)C(CSc2nc3c(n2C2CCC(F)CC2)C(C)(C2CCC(Cl)C(OC)C2)CCC3)C1F. The van der Waals surface area contributed by atoms with Crippen LogP contribution in [0, 0.1) is 11.8 Å². The maximum Gasteiger partial charge on any atom is 0.168 e. The van der Waals surface area contributed by atoms with E-state index in [-0.39, 0.29) is 36.0 Å². The normalized spacial score (nSPS) is 36.4. The van der Waals surface area contributed by atoms with Crippen molar-refractivity contribution in [3.8, 4) is 0 Å². The number of fused-ring (bicyclic) bond motifs is 1. The fourth-order valence-corrected chi connectivity index (χ4v) is 10.2. The van der Waals surface area contributed by atoms with Gasteiger partial charge >= 0.3 is 0 Å². The van der Waals surface area contributed by atoms with Gasteiger partial charge in [-0.1, -0.05) is 32.0 Å². The second kappa shape index (κ2) is 18.1. The summed E-state index contributed by atoms with van der Waals surface area (Å²) in [7, 11) is 1.75. The Bertz CT molecular complexity index is 1090. The zero-order valence-electron chi connectivity index (χ0n) is 28.8. The number of hydrogen-bond donors (Lipinski definition) is 0. The number of thioether (sulfide) groups is 1. The first-order chi connectivity index (χ1) is 22.8. The molecule has 0 aliphatic heterocycles. The van der Waals surface area contributed by atoms with Gasteiger partial charge in [-0.15, -0.1) is 11.6 Å². The van der Waals surface area contributed by atoms with Crippen molar-refractivity contribution in [2.75, 3.05) is 45.9 Å². The summed E-state index contributed by atoms with van der Waals surface area (Å²) in [5.41, 5.74) is 2.27. The molecule has 8 unspecified atom stereocenters. The van der Waals surface area contributed by atoms with Crippen LogP contribution in [0.25, 0.3) is 0 Å². The minimum absolute atomic E-state index is 0.0189. The molecule has 1 heterocycles. The molecule has 0 amide bonds. The highest BCUT2D eigenvalue weighted by Gasteiger charge is 2.48. The number of hydrogen-bond acceptors (Lipinski definition) is 6. The van der Waals surface area contributed by atoms with E-state index in [0.29, 0.717) is 50.8 Å². The van der Waals surface area contributed by atoms with E-state index in [1.807, 2.05) is 0 Å². The van der Waals surface area contributed by atoms with Gasteiger partial charge in [0.15, 0.2) is 5.16 Å². The molecule has 0 bridgehead atoms. The Morgan fingerprint density at radius 2 is 1.68 bits per heavy atom. The first kappa shape index (κ1) is 37.7. The van der Waals surface area contributed by atoms with Crippen LogP contribution >= 0.6 is 23.4 Å². The highest BCUT2D eigenvalue weighted by atomic mass is 35.5. The molecule has 6 nitrogen and oxygen atoms in total. The molecule has 1 aromatic rings. The molecular weight excluding hydrogens is 649 g/mol. The number of ether oxygens (including phenoxy) is 4. The number of aromatic nitrogens is 2. The van der Waals surface area contributed by atoms with Crippen LogP contribution < -0.4 is 0 Å². The molecule has 4 aliphatic carbocycles. The van der Waals surface area contributed by atoms with Gasteiger partial charge in [0.2, 0.25) is 0 Å². The molecule has 11 heteroatoms. The summed E-state index contributed by atoms with van der Waals surface area (Å²) in [5.74, 6) is -0.0862. The van der Waals surface area contributed by atoms with Crippen LogP contribution in [0.15, 0.2) is 5.16 Å². The molecule has 0 radical (unpaired) electrons. The average molecular weight is 707 g/mol. The van der Waals surface area contributed by atoms with Crippen LogP contribution in [-0.4, -0.2) is 91.5 Å². The Morgan fingerprint density at radius 3 is 2.43 bits per heavy atom. The monoisotopic (exact) mass is 706 g/mol. The molecule has 1 aromatic heterocycles. The molecule has 0 spiro atoms. The fraction of sp³-hybridized carbons (Fsp3) is 0.917. The smallest absolute Gasteiger partial charge is 0.168 e. The predicted octanol–water partition coefficient (Wildman–Crippen LogP) is 8.75. The van der Waals surface area contributed by atoms with Crippen molar-refractivity contribution >= 4 is 23.4 Å². The van der Waals surface area contributed by atoms with E-state index in [9.17, 15) is 4.39 Å². The highest BCUT2D eigenvalue weighted by molar-refractivity contribution is 7.99. The lowest BCUT2D eigenvalue weighted by atomic mass is 9.62. The second-order valence-electron chi connectivity index (χ2n) is 14.5. The number of alkyl halides is 4. The molecule has 3 saturated carbocycles. The minimum atomic E-state index is -1.40. The van der Waals surface area contributed by atoms with Gasteiger partial charge in [-0.25, -0.2) is 18.2 Å². The number of unbranched alkanes of at least 4 members (excludes halogenated alkanes) is 1. The first-order valence-electron chi connectivity index (χ1n) is 18.4. The van der Waals surface area contributed by atoms with E-state index >= 15 is 8.78 Å². The quantitative estimate of drug-likeness (QED) is 0.0974. The molecule has 4 aliphatic rings. The largest absolute Gasteiger partial charge is 0.380 e. The Labute approximate surface area is 289 Å². The van der Waals surface area contributed by atoms with Crippen molar-refractivity contribution in [3.05, 3.63) is 11.4 Å². The van der Waals surface area contributed by atoms with Gasteiger partial charge in [0, 0.05) is 42.5 Å². The molecule has 5 rings (SSSR count). The van der Waals surface area contributed by atoms with E-state index in [2.05, 4.69) is 18.4 Å². The van der Waals surface area contributed by atoms with Crippen LogP contribution in [0.4, 0.5) is 13.2 Å². The van der Waals surface area contributed by atoms with Crippen molar-refractivity contribution in [2.45, 2.75) is 156 Å². The van der Waals surface area contributed by atoms with E-state index in [0.717, 1.165) is 81.7 Å². The van der Waals surface area contributed by atoms with Gasteiger partial charge in [0.05, 0.1) is 49.7 Å². The average Bonchev–Trinajstić information content (AvgIpc) is 3.45. The third kappa shape index (κ3) is 9.24. The van der Waals surface area contributed by atoms with E-state index in [4.69, 9.17) is 35.5 Å². The molecule has 8 atom stereocenters. The van der Waals surface area contributed by atoms with E-state index in [1.165, 1.54) is 17.5 Å². The first-order valence-corrected chi connectivity index (χ1v) is 19.8. The molecular formula is C36H58ClF3N2O4S. The Kier molecular flexibility index (Phi) is 14.5. The van der Waals surface area contributed by atoms with E-state index < -0.39 is 30.5 Å². The standard InChI is InChI=1S/C36H58ClF3N2O4S/c1-4-5-17-44-18-19-45-20-21-46-31-15-14-29(39)27(33(31)40)23-47-35-41-30-7-6-16-36(2,24-8-13-28(37)32(22-24)43-3)34(30)42(35)26-11-9-25(38)10-12-26/h24-29,31-33H,4-23H2,1-3H3. The lowest BCUT2D eigenvalue weighted by Crippen LogP contribution is -2.44. The lowest BCUT2D eigenvalue weighted by molar-refractivity contribution is -0.0810. The van der Waals surface area contributed by atoms with Crippen LogP contribution in [0.1, 0.15) is 115 Å². The summed E-state index contributed by atoms with van der Waals surface area (Å²) in [6.45, 7) is 6.89. The van der Waals surface area contributed by atoms with E-state index in [1.54, 1.807) is 7.11 Å². The predicted molar refractivity (Wildman–Crippen MR) is 182 cm³/mol. The topological polar surface area (TPSA) is 54.7 Å². The van der Waals surface area contributed by atoms with Crippen LogP contribution in [-0.2, 0) is 30.8 Å². The molecule has 0 saturated heterocycles. The summed E-state index contributed by atoms with van der Waals surface area (Å²) in [4.78, 5) is 5.22. The number of aryl methyl sites for hydroxylation is 1. The third-order valence-electron chi connectivity index (χ3n) is 11.4. The lowest BCUT2D eigenvalue weighted by Gasteiger charge is -2.46. The van der Waals surface area contributed by atoms with Gasteiger partial charge in [0.25, 0.3) is 0 Å². The van der Waals surface area contributed by atoms with Crippen LogP contribution in [0.5, 0.6) is 0 Å². The summed E-state index contributed by atoms with van der Waals surface area (Å²) in [5, 5.41) is 0.864. The Balaban J connectivity index is 1.27. The van der Waals surface area contributed by atoms with Crippen molar-refractivity contribution in [1.82, 2.24) is 9.55 Å². The number of halogens is 4. The zero-order valence-corrected chi connectivity index (χ0v) is 30.4. The molecule has 0 aromatic carbocycles. The van der Waals surface area contributed by atoms with Crippen LogP contribution in [0.2, 0.25) is 0 Å². The molecule has 0 N–H and O–H groups in total. The molecule has 3 fully saturated rings. The van der Waals surface area contributed by atoms with Crippen molar-refractivity contribution < 1.29 is 32.1 Å². The number of imidazole rings is 1. The Morgan fingerprint density at radius 1 is 0.936 bits per heavy atom. The fourth-order valence-electron chi connectivity index (χ4n) is 8.56. The number of methoxy groups -OCH3 is 1. The summed E-state index contributed by atoms with van der Waals surface area (Å²) < 4.78 is 70.8. The summed E-state index contributed by atoms with van der Waals surface area (Å²) in [6.07, 6.45) is 7.21. The maximum absolute atomic E-state index is 15.9. The number of rotatable bonds is 16. The molecule has 47 heavy (non-hydrogen) atoms. The van der Waals surface area contributed by atoms with Gasteiger partial charge in [-0.05, 0) is 89.4 Å². The van der Waals surface area contributed by atoms with Gasteiger partial charge in [-0.2, -0.15) is 0 Å². The maximum atomic E-state index is 15.9. The minimum Gasteiger partial charge on any atom is -0.380 e. The summed E-state index contributed by atoms with van der Waals surface area (Å²) >= 11 is 8.14. The van der Waals surface area contributed by atoms with Crippen molar-refractivity contribution in [1.29, 1.82) is 0 Å². The number of nitrogens with zero attached hydrogens (tertiary/aromatic N) is 2. The van der Waals surface area contributed by atoms with Crippen molar-refractivity contribution in [3.63, 3.8) is 0 Å². The van der Waals surface area contributed by atoms with Gasteiger partial charge < -0.3 is 23.5 Å². The van der Waals surface area contributed by atoms with Gasteiger partial charge in [-0.3, -0.25) is 0 Å². The Hall–Kier alpha value is -0.520. The van der Waals surface area contributed by atoms with Gasteiger partial charge in [0.1, 0.15) is 18.5 Å². The highest BCUT2D eigenvalue weighted by Crippen LogP contribution is 2.52. The zero-order chi connectivity index (χ0) is 33.4.